The van der Waals surface area contributed by atoms with Crippen LogP contribution in [0.25, 0.3) is 17.0 Å². The fraction of sp³-hybridized carbons (Fsp3) is 0.353. The zero-order valence-corrected chi connectivity index (χ0v) is 11.1. The Hall–Kier alpha value is -1.63. The molecule has 0 fully saturated rings. The van der Waals surface area contributed by atoms with Crippen molar-refractivity contribution in [1.82, 2.24) is 4.98 Å². The Morgan fingerprint density at radius 2 is 2.11 bits per heavy atom. The van der Waals surface area contributed by atoms with E-state index in [0.29, 0.717) is 0 Å². The highest BCUT2D eigenvalue weighted by atomic mass is 14.7. The molecular weight excluding hydrogens is 218 g/mol. The number of hydrogen-bond acceptors (Lipinski definition) is 1. The van der Waals surface area contributed by atoms with Crippen LogP contribution in [0.5, 0.6) is 0 Å². The van der Waals surface area contributed by atoms with Gasteiger partial charge >= 0.3 is 0 Å². The minimum absolute atomic E-state index is 0.260. The molecule has 0 N–H and O–H groups in total. The summed E-state index contributed by atoms with van der Waals surface area (Å²) in [6, 6.07) is 10.7. The lowest BCUT2D eigenvalue weighted by Gasteiger charge is -2.32. The van der Waals surface area contributed by atoms with Gasteiger partial charge < -0.3 is 0 Å². The van der Waals surface area contributed by atoms with Gasteiger partial charge in [0.25, 0.3) is 0 Å². The van der Waals surface area contributed by atoms with Crippen molar-refractivity contribution in [2.45, 2.75) is 38.5 Å². The van der Waals surface area contributed by atoms with Crippen LogP contribution in [0.2, 0.25) is 0 Å². The second kappa shape index (κ2) is 4.24. The zero-order valence-electron chi connectivity index (χ0n) is 11.1. The molecule has 1 aromatic heterocycles. The first-order chi connectivity index (χ1) is 8.73. The Bertz CT molecular complexity index is 612. The monoisotopic (exact) mass is 237 g/mol. The predicted octanol–water partition coefficient (Wildman–Crippen LogP) is 4.71. The molecule has 1 nitrogen and oxygen atoms in total. The van der Waals surface area contributed by atoms with Crippen molar-refractivity contribution in [2.75, 3.05) is 0 Å². The summed E-state index contributed by atoms with van der Waals surface area (Å²) in [7, 11) is 0. The topological polar surface area (TPSA) is 12.9 Å². The van der Waals surface area contributed by atoms with Crippen LogP contribution >= 0.6 is 0 Å². The fourth-order valence-corrected chi connectivity index (χ4v) is 3.07. The first-order valence-electron chi connectivity index (χ1n) is 6.80. The highest BCUT2D eigenvalue weighted by molar-refractivity contribution is 5.81. The number of hydrogen-bond donors (Lipinski definition) is 0. The molecule has 1 heteroatoms. The van der Waals surface area contributed by atoms with Gasteiger partial charge in [-0.15, -0.1) is 0 Å². The van der Waals surface area contributed by atoms with Crippen molar-refractivity contribution in [3.8, 4) is 0 Å². The predicted molar refractivity (Wildman–Crippen MR) is 77.7 cm³/mol. The van der Waals surface area contributed by atoms with E-state index in [2.05, 4.69) is 56.3 Å². The smallest absolute Gasteiger partial charge is 0.0709 e. The average molecular weight is 237 g/mol. The summed E-state index contributed by atoms with van der Waals surface area (Å²) in [5, 5.41) is 1.26. The van der Waals surface area contributed by atoms with E-state index in [0.717, 1.165) is 17.6 Å². The summed E-state index contributed by atoms with van der Waals surface area (Å²) in [5.74, 6) is 0. The molecule has 0 saturated heterocycles. The molecule has 1 unspecified atom stereocenters. The Morgan fingerprint density at radius 1 is 1.28 bits per heavy atom. The van der Waals surface area contributed by atoms with E-state index in [1.54, 1.807) is 0 Å². The average Bonchev–Trinajstić information content (AvgIpc) is 2.37. The minimum Gasteiger partial charge on any atom is -0.248 e. The molecular formula is C17H19N. The first kappa shape index (κ1) is 11.5. The molecule has 0 saturated carbocycles. The van der Waals surface area contributed by atoms with Gasteiger partial charge in [0.05, 0.1) is 11.2 Å². The maximum atomic E-state index is 4.81. The maximum absolute atomic E-state index is 4.81. The second-order valence-corrected chi connectivity index (χ2v) is 5.53. The van der Waals surface area contributed by atoms with Crippen molar-refractivity contribution >= 4 is 17.0 Å². The van der Waals surface area contributed by atoms with Crippen LogP contribution in [0.4, 0.5) is 0 Å². The van der Waals surface area contributed by atoms with E-state index in [9.17, 15) is 0 Å². The summed E-state index contributed by atoms with van der Waals surface area (Å²) in [6.45, 7) is 4.63. The molecule has 92 valence electrons. The van der Waals surface area contributed by atoms with Gasteiger partial charge in [0, 0.05) is 5.39 Å². The number of fused-ring (bicyclic) bond motifs is 2. The lowest BCUT2D eigenvalue weighted by atomic mass is 9.72. The first-order valence-corrected chi connectivity index (χ1v) is 6.80. The van der Waals surface area contributed by atoms with Crippen LogP contribution in [0, 0.1) is 0 Å². The van der Waals surface area contributed by atoms with E-state index in [1.807, 2.05) is 0 Å². The van der Waals surface area contributed by atoms with Crippen LogP contribution in [-0.2, 0) is 5.41 Å². The van der Waals surface area contributed by atoms with Crippen molar-refractivity contribution < 1.29 is 0 Å². The van der Waals surface area contributed by atoms with Crippen molar-refractivity contribution in [3.63, 3.8) is 0 Å². The van der Waals surface area contributed by atoms with Crippen LogP contribution in [0.15, 0.2) is 36.4 Å². The van der Waals surface area contributed by atoms with E-state index < -0.39 is 0 Å². The number of allylic oxidation sites excluding steroid dienone is 1. The number of para-hydroxylation sites is 1. The molecule has 1 atom stereocenters. The van der Waals surface area contributed by atoms with Crippen LogP contribution in [0.1, 0.15) is 44.4 Å². The fourth-order valence-electron chi connectivity index (χ4n) is 3.07. The summed E-state index contributed by atoms with van der Waals surface area (Å²) in [6.07, 6.45) is 8.04. The van der Waals surface area contributed by atoms with Gasteiger partial charge in [-0.2, -0.15) is 0 Å². The van der Waals surface area contributed by atoms with E-state index in [-0.39, 0.29) is 5.41 Å². The second-order valence-electron chi connectivity index (χ2n) is 5.53. The molecule has 2 aromatic rings. The quantitative estimate of drug-likeness (QED) is 0.737. The van der Waals surface area contributed by atoms with Crippen LogP contribution < -0.4 is 0 Å². The SMILES string of the molecule is CCCC1(C)CC=Cc2nc3ccccc3cc21. The van der Waals surface area contributed by atoms with Gasteiger partial charge in [-0.1, -0.05) is 44.5 Å². The van der Waals surface area contributed by atoms with E-state index in [1.165, 1.54) is 23.8 Å². The highest BCUT2D eigenvalue weighted by Crippen LogP contribution is 2.39. The van der Waals surface area contributed by atoms with E-state index >= 15 is 0 Å². The molecule has 0 aliphatic heterocycles. The maximum Gasteiger partial charge on any atom is 0.0709 e. The van der Waals surface area contributed by atoms with Gasteiger partial charge in [0.2, 0.25) is 0 Å². The number of aromatic nitrogens is 1. The number of pyridine rings is 1. The van der Waals surface area contributed by atoms with Crippen LogP contribution in [-0.4, -0.2) is 4.98 Å². The summed E-state index contributed by atoms with van der Waals surface area (Å²) in [5.41, 5.74) is 3.94. The summed E-state index contributed by atoms with van der Waals surface area (Å²) < 4.78 is 0. The molecule has 18 heavy (non-hydrogen) atoms. The molecule has 1 aliphatic rings. The third-order valence-electron chi connectivity index (χ3n) is 4.05. The molecule has 1 heterocycles. The number of nitrogens with zero attached hydrogens (tertiary/aromatic N) is 1. The van der Waals surface area contributed by atoms with E-state index in [4.69, 9.17) is 4.98 Å². The third kappa shape index (κ3) is 1.74. The van der Waals surface area contributed by atoms with Gasteiger partial charge in [0.15, 0.2) is 0 Å². The molecule has 0 bridgehead atoms. The minimum atomic E-state index is 0.260. The lowest BCUT2D eigenvalue weighted by Crippen LogP contribution is -2.24. The Labute approximate surface area is 109 Å². The summed E-state index contributed by atoms with van der Waals surface area (Å²) in [4.78, 5) is 4.81. The van der Waals surface area contributed by atoms with Gasteiger partial charge in [-0.05, 0) is 42.0 Å². The molecule has 0 spiro atoms. The van der Waals surface area contributed by atoms with Crippen molar-refractivity contribution in [3.05, 3.63) is 47.7 Å². The number of rotatable bonds is 2. The third-order valence-corrected chi connectivity index (χ3v) is 4.05. The van der Waals surface area contributed by atoms with Crippen molar-refractivity contribution in [1.29, 1.82) is 0 Å². The molecule has 1 aromatic carbocycles. The number of benzene rings is 1. The van der Waals surface area contributed by atoms with Gasteiger partial charge in [0.1, 0.15) is 0 Å². The molecule has 0 amide bonds. The molecule has 0 radical (unpaired) electrons. The normalized spacial score (nSPS) is 22.1. The molecule has 1 aliphatic carbocycles. The Kier molecular flexibility index (Phi) is 2.70. The highest BCUT2D eigenvalue weighted by Gasteiger charge is 2.29. The lowest BCUT2D eigenvalue weighted by molar-refractivity contribution is 0.428. The van der Waals surface area contributed by atoms with Gasteiger partial charge in [-0.3, -0.25) is 0 Å². The molecule has 3 rings (SSSR count). The van der Waals surface area contributed by atoms with Crippen LogP contribution in [0.3, 0.4) is 0 Å². The zero-order chi connectivity index (χ0) is 12.6. The van der Waals surface area contributed by atoms with Gasteiger partial charge in [-0.25, -0.2) is 4.98 Å². The largest absolute Gasteiger partial charge is 0.248 e. The Morgan fingerprint density at radius 3 is 2.94 bits per heavy atom. The summed E-state index contributed by atoms with van der Waals surface area (Å²) >= 11 is 0. The van der Waals surface area contributed by atoms with Crippen molar-refractivity contribution in [2.24, 2.45) is 0 Å². The standard InChI is InChI=1S/C17H19N/c1-3-10-17(2)11-6-9-16-14(17)12-13-7-4-5-8-15(13)18-16/h4-9,12H,3,10-11H2,1-2H3. The Balaban J connectivity index is 2.23.